The van der Waals surface area contributed by atoms with Crippen LogP contribution in [0, 0.1) is 10.1 Å². The number of halogens is 1. The van der Waals surface area contributed by atoms with E-state index in [0.29, 0.717) is 0 Å². The Kier molecular flexibility index (Phi) is 4.58. The van der Waals surface area contributed by atoms with E-state index in [1.165, 1.54) is 18.3 Å². The van der Waals surface area contributed by atoms with Crippen LogP contribution in [-0.2, 0) is 9.47 Å². The first kappa shape index (κ1) is 13.6. The number of nitro groups is 1. The largest absolute Gasteiger partial charge is 0.464 e. The summed E-state index contributed by atoms with van der Waals surface area (Å²) in [4.78, 5) is 14.1. The highest BCUT2D eigenvalue weighted by atomic mass is 19.1. The lowest BCUT2D eigenvalue weighted by Gasteiger charge is -2.18. The fourth-order valence-corrected chi connectivity index (χ4v) is 1.73. The molecule has 1 fully saturated rings. The van der Waals surface area contributed by atoms with Crippen molar-refractivity contribution in [2.24, 2.45) is 0 Å². The molecule has 1 aromatic heterocycles. The van der Waals surface area contributed by atoms with Gasteiger partial charge < -0.3 is 14.2 Å². The summed E-state index contributed by atoms with van der Waals surface area (Å²) in [7, 11) is 0. The summed E-state index contributed by atoms with van der Waals surface area (Å²) < 4.78 is 27.9. The predicted molar refractivity (Wildman–Crippen MR) is 61.8 cm³/mol. The van der Waals surface area contributed by atoms with E-state index in [1.54, 1.807) is 0 Å². The smallest absolute Gasteiger partial charge is 0.330 e. The summed E-state index contributed by atoms with van der Waals surface area (Å²) in [5.41, 5.74) is -0.223. The highest BCUT2D eigenvalue weighted by Crippen LogP contribution is 2.26. The van der Waals surface area contributed by atoms with Gasteiger partial charge in [0.25, 0.3) is 5.88 Å². The lowest BCUT2D eigenvalue weighted by molar-refractivity contribution is -0.386. The number of hydrogen-bond donors (Lipinski definition) is 0. The van der Waals surface area contributed by atoms with Crippen molar-refractivity contribution >= 4 is 5.69 Å². The van der Waals surface area contributed by atoms with Crippen molar-refractivity contribution in [3.05, 3.63) is 28.4 Å². The molecule has 0 N–H and O–H groups in total. The zero-order valence-corrected chi connectivity index (χ0v) is 10.0. The first-order valence-electron chi connectivity index (χ1n) is 5.73. The van der Waals surface area contributed by atoms with Crippen LogP contribution in [0.4, 0.5) is 10.1 Å². The first-order chi connectivity index (χ1) is 9.22. The lowest BCUT2D eigenvalue weighted by Crippen LogP contribution is -2.33. The van der Waals surface area contributed by atoms with Gasteiger partial charge in [0.2, 0.25) is 0 Å². The summed E-state index contributed by atoms with van der Waals surface area (Å²) in [5, 5.41) is 10.8. The fraction of sp³-hybridized carbons (Fsp3) is 0.545. The number of hydrogen-bond acceptors (Lipinski definition) is 6. The van der Waals surface area contributed by atoms with Crippen molar-refractivity contribution in [2.45, 2.75) is 12.2 Å². The molecule has 2 rings (SSSR count). The van der Waals surface area contributed by atoms with Crippen molar-refractivity contribution in [1.82, 2.24) is 4.98 Å². The Hall–Kier alpha value is -1.80. The topological polar surface area (TPSA) is 83.7 Å². The van der Waals surface area contributed by atoms with Crippen LogP contribution in [0.1, 0.15) is 0 Å². The van der Waals surface area contributed by atoms with Gasteiger partial charge in [-0.1, -0.05) is 0 Å². The van der Waals surface area contributed by atoms with Crippen molar-refractivity contribution in [3.8, 4) is 5.88 Å². The van der Waals surface area contributed by atoms with Gasteiger partial charge in [-0.3, -0.25) is 10.1 Å². The molecule has 0 saturated carbocycles. The molecule has 1 aliphatic heterocycles. The Morgan fingerprint density at radius 3 is 3.05 bits per heavy atom. The van der Waals surface area contributed by atoms with E-state index in [4.69, 9.17) is 14.2 Å². The van der Waals surface area contributed by atoms with E-state index in [0.717, 1.165) is 0 Å². The number of pyridine rings is 1. The van der Waals surface area contributed by atoms with E-state index < -0.39 is 23.8 Å². The molecule has 1 aliphatic rings. The Morgan fingerprint density at radius 1 is 1.53 bits per heavy atom. The maximum absolute atomic E-state index is 12.1. The fourth-order valence-electron chi connectivity index (χ4n) is 1.73. The Morgan fingerprint density at radius 2 is 2.32 bits per heavy atom. The molecule has 0 aromatic carbocycles. The molecular weight excluding hydrogens is 259 g/mol. The molecule has 0 bridgehead atoms. The third kappa shape index (κ3) is 3.36. The molecule has 0 amide bonds. The minimum atomic E-state index is -0.604. The lowest BCUT2D eigenvalue weighted by atomic mass is 10.2. The standard InChI is InChI=1S/C11H13FN2O5/c12-3-5-18-9-6-17-7-10(9)19-11-8(14(15)16)2-1-4-13-11/h1-2,4,9-10H,3,5-7H2. The molecule has 104 valence electrons. The molecule has 1 aromatic rings. The first-order valence-corrected chi connectivity index (χ1v) is 5.73. The minimum absolute atomic E-state index is 0.0573. The molecule has 2 unspecified atom stereocenters. The van der Waals surface area contributed by atoms with Gasteiger partial charge in [0.1, 0.15) is 12.8 Å². The molecule has 2 atom stereocenters. The highest BCUT2D eigenvalue weighted by Gasteiger charge is 2.33. The summed E-state index contributed by atoms with van der Waals surface area (Å²) in [6.07, 6.45) is 0.424. The van der Waals surface area contributed by atoms with Crippen LogP contribution in [0.2, 0.25) is 0 Å². The van der Waals surface area contributed by atoms with Crippen LogP contribution < -0.4 is 4.74 Å². The van der Waals surface area contributed by atoms with Gasteiger partial charge in [0.05, 0.1) is 24.7 Å². The van der Waals surface area contributed by atoms with Crippen LogP contribution in [0.15, 0.2) is 18.3 Å². The Labute approximate surface area is 108 Å². The van der Waals surface area contributed by atoms with Gasteiger partial charge in [-0.05, 0) is 6.07 Å². The number of alkyl halides is 1. The number of ether oxygens (including phenoxy) is 3. The van der Waals surface area contributed by atoms with Crippen molar-refractivity contribution in [2.75, 3.05) is 26.5 Å². The van der Waals surface area contributed by atoms with Gasteiger partial charge in [0.15, 0.2) is 6.10 Å². The summed E-state index contributed by atoms with van der Waals surface area (Å²) >= 11 is 0. The van der Waals surface area contributed by atoms with E-state index >= 15 is 0 Å². The van der Waals surface area contributed by atoms with Crippen LogP contribution in [0.3, 0.4) is 0 Å². The van der Waals surface area contributed by atoms with Gasteiger partial charge in [-0.25, -0.2) is 9.37 Å². The normalized spacial score (nSPS) is 22.4. The molecule has 8 heteroatoms. The molecule has 0 spiro atoms. The molecule has 19 heavy (non-hydrogen) atoms. The van der Waals surface area contributed by atoms with E-state index in [2.05, 4.69) is 4.98 Å². The molecule has 2 heterocycles. The minimum Gasteiger partial charge on any atom is -0.464 e. The SMILES string of the molecule is O=[N+]([O-])c1cccnc1OC1COCC1OCCF. The maximum Gasteiger partial charge on any atom is 0.330 e. The van der Waals surface area contributed by atoms with Crippen molar-refractivity contribution in [3.63, 3.8) is 0 Å². The zero-order valence-electron chi connectivity index (χ0n) is 10.0. The van der Waals surface area contributed by atoms with E-state index in [1.807, 2.05) is 0 Å². The van der Waals surface area contributed by atoms with Crippen LogP contribution in [0.5, 0.6) is 5.88 Å². The third-order valence-electron chi connectivity index (χ3n) is 2.60. The Balaban J connectivity index is 2.05. The quantitative estimate of drug-likeness (QED) is 0.570. The monoisotopic (exact) mass is 272 g/mol. The summed E-state index contributed by atoms with van der Waals surface area (Å²) in [5.74, 6) is -0.0863. The van der Waals surface area contributed by atoms with Gasteiger partial charge in [-0.15, -0.1) is 0 Å². The average molecular weight is 272 g/mol. The van der Waals surface area contributed by atoms with Crippen LogP contribution >= 0.6 is 0 Å². The van der Waals surface area contributed by atoms with Gasteiger partial charge >= 0.3 is 5.69 Å². The van der Waals surface area contributed by atoms with E-state index in [-0.39, 0.29) is 31.4 Å². The molecule has 0 radical (unpaired) electrons. The molecule has 7 nitrogen and oxygen atoms in total. The van der Waals surface area contributed by atoms with Gasteiger partial charge in [-0.2, -0.15) is 0 Å². The number of aromatic nitrogens is 1. The second-order valence-electron chi connectivity index (χ2n) is 3.88. The van der Waals surface area contributed by atoms with Crippen molar-refractivity contribution in [1.29, 1.82) is 0 Å². The van der Waals surface area contributed by atoms with Gasteiger partial charge in [0, 0.05) is 12.3 Å². The van der Waals surface area contributed by atoms with Crippen LogP contribution in [-0.4, -0.2) is 48.6 Å². The van der Waals surface area contributed by atoms with Crippen LogP contribution in [0.25, 0.3) is 0 Å². The number of rotatable bonds is 6. The summed E-state index contributed by atoms with van der Waals surface area (Å²) in [6.45, 7) is -0.166. The second kappa shape index (κ2) is 6.39. The van der Waals surface area contributed by atoms with Crippen molar-refractivity contribution < 1.29 is 23.5 Å². The molecule has 1 saturated heterocycles. The predicted octanol–water partition coefficient (Wildman–Crippen LogP) is 1.12. The van der Waals surface area contributed by atoms with E-state index in [9.17, 15) is 14.5 Å². The summed E-state index contributed by atoms with van der Waals surface area (Å²) in [6, 6.07) is 2.75. The Bertz CT molecular complexity index is 445. The highest BCUT2D eigenvalue weighted by molar-refractivity contribution is 5.39. The molecule has 0 aliphatic carbocycles. The molecular formula is C11H13FN2O5. The second-order valence-corrected chi connectivity index (χ2v) is 3.88. The average Bonchev–Trinajstić information content (AvgIpc) is 2.84. The number of nitrogens with zero attached hydrogens (tertiary/aromatic N) is 2. The maximum atomic E-state index is 12.1. The zero-order chi connectivity index (χ0) is 13.7. The third-order valence-corrected chi connectivity index (χ3v) is 2.60.